The Hall–Kier alpha value is -1.97. The number of hydrogen-bond acceptors (Lipinski definition) is 3. The molecule has 0 bridgehead atoms. The van der Waals surface area contributed by atoms with Crippen LogP contribution in [-0.4, -0.2) is 23.8 Å². The molecule has 1 aliphatic carbocycles. The summed E-state index contributed by atoms with van der Waals surface area (Å²) in [6.45, 7) is 6.64. The van der Waals surface area contributed by atoms with Crippen molar-refractivity contribution in [2.75, 3.05) is 6.61 Å². The summed E-state index contributed by atoms with van der Waals surface area (Å²) < 4.78 is 11.6. The van der Waals surface area contributed by atoms with Gasteiger partial charge in [-0.15, -0.1) is 0 Å². The van der Waals surface area contributed by atoms with Gasteiger partial charge in [-0.3, -0.25) is 0 Å². The molecular weight excluding hydrogens is 352 g/mol. The van der Waals surface area contributed by atoms with Crippen LogP contribution in [0.5, 0.6) is 11.5 Å². The van der Waals surface area contributed by atoms with Crippen molar-refractivity contribution >= 4 is 5.97 Å². The molecule has 1 N–H and O–H groups in total. The third-order valence-electron chi connectivity index (χ3n) is 6.15. The zero-order valence-corrected chi connectivity index (χ0v) is 17.4. The average Bonchev–Trinajstić information content (AvgIpc) is 3.20. The average molecular weight is 387 g/mol. The molecule has 1 fully saturated rings. The first-order valence-electron chi connectivity index (χ1n) is 10.7. The Morgan fingerprint density at radius 1 is 1.32 bits per heavy atom. The van der Waals surface area contributed by atoms with Crippen LogP contribution in [0.3, 0.4) is 0 Å². The maximum absolute atomic E-state index is 10.8. The fourth-order valence-electron chi connectivity index (χ4n) is 4.61. The molecule has 1 aromatic rings. The Kier molecular flexibility index (Phi) is 6.69. The van der Waals surface area contributed by atoms with Crippen molar-refractivity contribution in [1.82, 2.24) is 0 Å². The van der Waals surface area contributed by atoms with Gasteiger partial charge in [-0.25, -0.2) is 4.79 Å². The van der Waals surface area contributed by atoms with Gasteiger partial charge in [0.1, 0.15) is 6.10 Å². The van der Waals surface area contributed by atoms with E-state index in [1.165, 1.54) is 31.2 Å². The van der Waals surface area contributed by atoms with Crippen molar-refractivity contribution < 1.29 is 19.4 Å². The highest BCUT2D eigenvalue weighted by atomic mass is 16.5. The summed E-state index contributed by atoms with van der Waals surface area (Å²) in [6, 6.07) is 5.85. The van der Waals surface area contributed by atoms with Crippen LogP contribution in [0.15, 0.2) is 30.4 Å². The number of hydrogen-bond donors (Lipinski definition) is 1. The first-order valence-corrected chi connectivity index (χ1v) is 10.7. The van der Waals surface area contributed by atoms with Gasteiger partial charge in [0.2, 0.25) is 0 Å². The molecule has 3 atom stereocenters. The van der Waals surface area contributed by atoms with Gasteiger partial charge in [0.25, 0.3) is 0 Å². The molecule has 0 spiro atoms. The van der Waals surface area contributed by atoms with Gasteiger partial charge in [-0.1, -0.05) is 64.3 Å². The summed E-state index contributed by atoms with van der Waals surface area (Å²) in [7, 11) is 0. The summed E-state index contributed by atoms with van der Waals surface area (Å²) in [5.74, 6) is 1.15. The van der Waals surface area contributed by atoms with Gasteiger partial charge in [0.05, 0.1) is 0 Å². The van der Waals surface area contributed by atoms with Crippen LogP contribution < -0.4 is 9.47 Å². The summed E-state index contributed by atoms with van der Waals surface area (Å²) in [5, 5.41) is 8.88. The number of carboxylic acid groups (broad SMARTS) is 1. The normalized spacial score (nSPS) is 23.5. The number of ether oxygens (including phenoxy) is 2. The van der Waals surface area contributed by atoms with Crippen molar-refractivity contribution in [1.29, 1.82) is 0 Å². The van der Waals surface area contributed by atoms with Crippen molar-refractivity contribution in [2.24, 2.45) is 11.3 Å². The van der Waals surface area contributed by atoms with E-state index in [9.17, 15) is 4.79 Å². The van der Waals surface area contributed by atoms with Crippen LogP contribution in [0, 0.1) is 11.3 Å². The lowest BCUT2D eigenvalue weighted by Crippen LogP contribution is -2.15. The molecular formula is C24H34O4. The van der Waals surface area contributed by atoms with E-state index in [0.29, 0.717) is 23.0 Å². The molecule has 2 unspecified atom stereocenters. The first-order chi connectivity index (χ1) is 13.4. The van der Waals surface area contributed by atoms with E-state index in [-0.39, 0.29) is 12.7 Å². The predicted octanol–water partition coefficient (Wildman–Crippen LogP) is 5.96. The summed E-state index contributed by atoms with van der Waals surface area (Å²) in [4.78, 5) is 10.8. The van der Waals surface area contributed by atoms with Crippen LogP contribution in [-0.2, 0) is 4.79 Å². The second-order valence-corrected chi connectivity index (χ2v) is 9.03. The summed E-state index contributed by atoms with van der Waals surface area (Å²) >= 11 is 0. The third kappa shape index (κ3) is 4.89. The lowest BCUT2D eigenvalue weighted by Gasteiger charge is -2.23. The fourth-order valence-corrected chi connectivity index (χ4v) is 4.61. The van der Waals surface area contributed by atoms with Crippen LogP contribution in [0.25, 0.3) is 0 Å². The van der Waals surface area contributed by atoms with Gasteiger partial charge in [-0.2, -0.15) is 0 Å². The highest BCUT2D eigenvalue weighted by Gasteiger charge is 2.44. The van der Waals surface area contributed by atoms with E-state index in [0.717, 1.165) is 25.0 Å². The maximum atomic E-state index is 10.8. The van der Waals surface area contributed by atoms with Crippen molar-refractivity contribution in [3.05, 3.63) is 35.9 Å². The number of fused-ring (bicyclic) bond motifs is 3. The van der Waals surface area contributed by atoms with Crippen LogP contribution in [0.4, 0.5) is 0 Å². The Bertz CT molecular complexity index is 707. The van der Waals surface area contributed by atoms with E-state index in [1.807, 2.05) is 6.07 Å². The topological polar surface area (TPSA) is 55.8 Å². The highest BCUT2D eigenvalue weighted by molar-refractivity contribution is 5.68. The largest absolute Gasteiger partial charge is 0.486 e. The second kappa shape index (κ2) is 9.02. The van der Waals surface area contributed by atoms with E-state index >= 15 is 0 Å². The third-order valence-corrected chi connectivity index (χ3v) is 6.15. The lowest BCUT2D eigenvalue weighted by atomic mass is 9.82. The summed E-state index contributed by atoms with van der Waals surface area (Å²) in [6.07, 6.45) is 13.4. The van der Waals surface area contributed by atoms with Crippen molar-refractivity contribution in [2.45, 2.75) is 77.7 Å². The number of carbonyl (C=O) groups is 1. The molecule has 1 saturated carbocycles. The highest BCUT2D eigenvalue weighted by Crippen LogP contribution is 2.53. The molecule has 4 heteroatoms. The Morgan fingerprint density at radius 2 is 2.14 bits per heavy atom. The smallest absolute Gasteiger partial charge is 0.341 e. The van der Waals surface area contributed by atoms with Gasteiger partial charge in [0.15, 0.2) is 18.1 Å². The van der Waals surface area contributed by atoms with E-state index in [4.69, 9.17) is 14.6 Å². The van der Waals surface area contributed by atoms with E-state index in [1.54, 1.807) is 6.07 Å². The molecule has 0 aromatic heterocycles. The molecule has 3 rings (SSSR count). The number of rotatable bonds is 10. The van der Waals surface area contributed by atoms with Gasteiger partial charge in [0, 0.05) is 11.5 Å². The zero-order valence-electron chi connectivity index (χ0n) is 17.4. The van der Waals surface area contributed by atoms with Crippen molar-refractivity contribution in [3.63, 3.8) is 0 Å². The van der Waals surface area contributed by atoms with Crippen LogP contribution in [0.2, 0.25) is 0 Å². The number of benzene rings is 1. The quantitative estimate of drug-likeness (QED) is 0.398. The van der Waals surface area contributed by atoms with Gasteiger partial charge < -0.3 is 14.6 Å². The number of unbranched alkanes of at least 4 members (excludes halogenated alkanes) is 2. The van der Waals surface area contributed by atoms with E-state index < -0.39 is 5.97 Å². The lowest BCUT2D eigenvalue weighted by molar-refractivity contribution is -0.139. The van der Waals surface area contributed by atoms with Crippen molar-refractivity contribution in [3.8, 4) is 11.5 Å². The fraction of sp³-hybridized carbons (Fsp3) is 0.625. The Labute approximate surface area is 168 Å². The molecule has 1 aromatic carbocycles. The second-order valence-electron chi connectivity index (χ2n) is 9.03. The standard InChI is InChI=1S/C24H34O4/c1-4-5-6-14-24(2,3)15-8-9-17-12-13-19-22(17)18-10-7-11-20(23(18)28-19)27-16-21(25)26/h7-11,17,19,22H,4-6,12-16H2,1-3H3,(H,25,26)/b9-8+/t17?,19-,22?/m0/s1. The molecule has 154 valence electrons. The number of allylic oxidation sites excluding steroid dienone is 2. The summed E-state index contributed by atoms with van der Waals surface area (Å²) in [5.41, 5.74) is 1.52. The SMILES string of the molecule is CCCCCC(C)(C)C/C=C/C1CC[C@@H]2Oc3c(OCC(=O)O)cccc3C12. The molecule has 0 saturated heterocycles. The van der Waals surface area contributed by atoms with Gasteiger partial charge >= 0.3 is 5.97 Å². The molecule has 0 radical (unpaired) electrons. The monoisotopic (exact) mass is 386 g/mol. The first kappa shape index (κ1) is 20.8. The zero-order chi connectivity index (χ0) is 20.1. The Morgan fingerprint density at radius 3 is 2.89 bits per heavy atom. The number of para-hydroxylation sites is 1. The van der Waals surface area contributed by atoms with Crippen LogP contribution >= 0.6 is 0 Å². The van der Waals surface area contributed by atoms with Crippen LogP contribution in [0.1, 0.15) is 77.2 Å². The minimum absolute atomic E-state index is 0.178. The molecule has 4 nitrogen and oxygen atoms in total. The molecule has 28 heavy (non-hydrogen) atoms. The number of aliphatic carboxylic acids is 1. The van der Waals surface area contributed by atoms with Gasteiger partial charge in [-0.05, 0) is 43.1 Å². The maximum Gasteiger partial charge on any atom is 0.341 e. The molecule has 2 aliphatic rings. The number of carboxylic acids is 1. The Balaban J connectivity index is 1.65. The minimum Gasteiger partial charge on any atom is -0.486 e. The molecule has 0 amide bonds. The molecule has 1 aliphatic heterocycles. The predicted molar refractivity (Wildman–Crippen MR) is 111 cm³/mol. The minimum atomic E-state index is -0.974. The van der Waals surface area contributed by atoms with E-state index in [2.05, 4.69) is 39.0 Å². The molecule has 1 heterocycles.